The van der Waals surface area contributed by atoms with Crippen LogP contribution in [0.4, 0.5) is 10.1 Å². The van der Waals surface area contributed by atoms with E-state index in [1.54, 1.807) is 6.07 Å². The molecule has 2 aromatic carbocycles. The standard InChI is InChI=1S/C14H15FN2O3S/c1-20-13-6-5-10(9-16)7-14(13)21(18,19)17-12-4-2-3-11(15)8-12/h2-8,17H,9,16H2,1H3. The van der Waals surface area contributed by atoms with Gasteiger partial charge < -0.3 is 10.5 Å². The van der Waals surface area contributed by atoms with E-state index in [9.17, 15) is 12.8 Å². The molecule has 0 fully saturated rings. The third-order valence-corrected chi connectivity index (χ3v) is 4.23. The molecule has 0 saturated carbocycles. The lowest BCUT2D eigenvalue weighted by Gasteiger charge is -2.12. The topological polar surface area (TPSA) is 81.4 Å². The number of hydrogen-bond donors (Lipinski definition) is 2. The highest BCUT2D eigenvalue weighted by Gasteiger charge is 2.20. The minimum absolute atomic E-state index is 0.0442. The van der Waals surface area contributed by atoms with Gasteiger partial charge in [-0.2, -0.15) is 0 Å². The van der Waals surface area contributed by atoms with Gasteiger partial charge in [0.25, 0.3) is 10.0 Å². The maximum Gasteiger partial charge on any atom is 0.265 e. The molecule has 0 heterocycles. The minimum Gasteiger partial charge on any atom is -0.495 e. The van der Waals surface area contributed by atoms with Gasteiger partial charge in [0.15, 0.2) is 0 Å². The number of hydrogen-bond acceptors (Lipinski definition) is 4. The van der Waals surface area contributed by atoms with Crippen LogP contribution in [0.5, 0.6) is 5.75 Å². The Labute approximate surface area is 122 Å². The molecule has 0 bridgehead atoms. The van der Waals surface area contributed by atoms with Crippen LogP contribution in [0.2, 0.25) is 0 Å². The number of nitrogens with one attached hydrogen (secondary N) is 1. The molecule has 0 atom stereocenters. The van der Waals surface area contributed by atoms with Crippen LogP contribution < -0.4 is 15.2 Å². The second-order valence-electron chi connectivity index (χ2n) is 4.31. The van der Waals surface area contributed by atoms with Gasteiger partial charge in [-0.1, -0.05) is 12.1 Å². The predicted molar refractivity (Wildman–Crippen MR) is 78.1 cm³/mol. The summed E-state index contributed by atoms with van der Waals surface area (Å²) in [5.41, 5.74) is 6.30. The molecule has 0 aliphatic rings. The van der Waals surface area contributed by atoms with Gasteiger partial charge in [0.1, 0.15) is 16.5 Å². The number of methoxy groups -OCH3 is 1. The fraction of sp³-hybridized carbons (Fsp3) is 0.143. The summed E-state index contributed by atoms with van der Waals surface area (Å²) in [7, 11) is -2.53. The van der Waals surface area contributed by atoms with E-state index in [0.717, 1.165) is 6.07 Å². The molecule has 5 nitrogen and oxygen atoms in total. The fourth-order valence-electron chi connectivity index (χ4n) is 1.82. The third kappa shape index (κ3) is 3.50. The Morgan fingerprint density at radius 2 is 2.00 bits per heavy atom. The quantitative estimate of drug-likeness (QED) is 0.886. The first-order chi connectivity index (χ1) is 9.96. The van der Waals surface area contributed by atoms with Crippen LogP contribution in [0.15, 0.2) is 47.4 Å². The number of anilines is 1. The zero-order valence-electron chi connectivity index (χ0n) is 11.3. The first-order valence-electron chi connectivity index (χ1n) is 6.11. The van der Waals surface area contributed by atoms with E-state index in [-0.39, 0.29) is 22.9 Å². The number of halogens is 1. The van der Waals surface area contributed by atoms with Gasteiger partial charge in [0.2, 0.25) is 0 Å². The number of nitrogens with two attached hydrogens (primary N) is 1. The lowest BCUT2D eigenvalue weighted by Crippen LogP contribution is -2.15. The highest BCUT2D eigenvalue weighted by Crippen LogP contribution is 2.27. The summed E-state index contributed by atoms with van der Waals surface area (Å²) < 4.78 is 45.3. The summed E-state index contributed by atoms with van der Waals surface area (Å²) in [5, 5.41) is 0. The SMILES string of the molecule is COc1ccc(CN)cc1S(=O)(=O)Nc1cccc(F)c1. The largest absolute Gasteiger partial charge is 0.495 e. The Kier molecular flexibility index (Phi) is 4.44. The molecule has 0 aromatic heterocycles. The van der Waals surface area contributed by atoms with Crippen molar-refractivity contribution in [3.8, 4) is 5.75 Å². The van der Waals surface area contributed by atoms with Crippen LogP contribution in [-0.4, -0.2) is 15.5 Å². The molecule has 7 heteroatoms. The first-order valence-corrected chi connectivity index (χ1v) is 7.60. The third-order valence-electron chi connectivity index (χ3n) is 2.83. The summed E-state index contributed by atoms with van der Waals surface area (Å²) in [6.07, 6.45) is 0. The molecule has 0 aliphatic heterocycles. The van der Waals surface area contributed by atoms with Crippen molar-refractivity contribution in [2.24, 2.45) is 5.73 Å². The van der Waals surface area contributed by atoms with Crippen LogP contribution >= 0.6 is 0 Å². The van der Waals surface area contributed by atoms with Gasteiger partial charge in [0.05, 0.1) is 12.8 Å². The van der Waals surface area contributed by atoms with Crippen molar-refractivity contribution in [2.75, 3.05) is 11.8 Å². The van der Waals surface area contributed by atoms with Crippen molar-refractivity contribution < 1.29 is 17.5 Å². The monoisotopic (exact) mass is 310 g/mol. The maximum absolute atomic E-state index is 13.1. The van der Waals surface area contributed by atoms with Gasteiger partial charge in [-0.3, -0.25) is 4.72 Å². The summed E-state index contributed by atoms with van der Waals surface area (Å²) in [5.74, 6) is -0.339. The molecule has 3 N–H and O–H groups in total. The Morgan fingerprint density at radius 3 is 2.62 bits per heavy atom. The van der Waals surface area contributed by atoms with Gasteiger partial charge in [-0.15, -0.1) is 0 Å². The van der Waals surface area contributed by atoms with Crippen molar-refractivity contribution in [1.82, 2.24) is 0 Å². The lowest BCUT2D eigenvalue weighted by molar-refractivity contribution is 0.402. The van der Waals surface area contributed by atoms with Crippen molar-refractivity contribution in [1.29, 1.82) is 0 Å². The maximum atomic E-state index is 13.1. The van der Waals surface area contributed by atoms with Gasteiger partial charge in [-0.05, 0) is 35.9 Å². The molecule has 0 amide bonds. The Morgan fingerprint density at radius 1 is 1.24 bits per heavy atom. The fourth-order valence-corrected chi connectivity index (χ4v) is 3.09. The molecule has 0 saturated heterocycles. The van der Waals surface area contributed by atoms with Gasteiger partial charge >= 0.3 is 0 Å². The minimum atomic E-state index is -3.90. The smallest absolute Gasteiger partial charge is 0.265 e. The zero-order chi connectivity index (χ0) is 15.5. The number of sulfonamides is 1. The Bertz CT molecular complexity index is 748. The second-order valence-corrected chi connectivity index (χ2v) is 5.96. The Hall–Kier alpha value is -2.12. The van der Waals surface area contributed by atoms with E-state index in [1.807, 2.05) is 0 Å². The van der Waals surface area contributed by atoms with E-state index < -0.39 is 15.8 Å². The molecule has 112 valence electrons. The van der Waals surface area contributed by atoms with E-state index in [0.29, 0.717) is 5.56 Å². The molecule has 21 heavy (non-hydrogen) atoms. The first kappa shape index (κ1) is 15.3. The van der Waals surface area contributed by atoms with Crippen LogP contribution in [-0.2, 0) is 16.6 Å². The van der Waals surface area contributed by atoms with Gasteiger partial charge in [-0.25, -0.2) is 12.8 Å². The number of rotatable bonds is 5. The molecule has 0 unspecified atom stereocenters. The molecular weight excluding hydrogens is 295 g/mol. The second kappa shape index (κ2) is 6.11. The molecular formula is C14H15FN2O3S. The number of ether oxygens (including phenoxy) is 1. The van der Waals surface area contributed by atoms with E-state index in [4.69, 9.17) is 10.5 Å². The van der Waals surface area contributed by atoms with Crippen LogP contribution in [0.25, 0.3) is 0 Å². The van der Waals surface area contributed by atoms with Crippen molar-refractivity contribution in [3.05, 3.63) is 53.8 Å². The van der Waals surface area contributed by atoms with E-state index >= 15 is 0 Å². The highest BCUT2D eigenvalue weighted by molar-refractivity contribution is 7.92. The molecule has 0 radical (unpaired) electrons. The average molecular weight is 310 g/mol. The van der Waals surface area contributed by atoms with Crippen LogP contribution in [0.3, 0.4) is 0 Å². The predicted octanol–water partition coefficient (Wildman–Crippen LogP) is 2.09. The normalized spacial score (nSPS) is 11.2. The molecule has 2 aromatic rings. The van der Waals surface area contributed by atoms with Crippen molar-refractivity contribution in [2.45, 2.75) is 11.4 Å². The summed E-state index contributed by atoms with van der Waals surface area (Å²) in [6, 6.07) is 9.84. The van der Waals surface area contributed by atoms with Gasteiger partial charge in [0, 0.05) is 6.54 Å². The van der Waals surface area contributed by atoms with Crippen molar-refractivity contribution >= 4 is 15.7 Å². The molecule has 0 spiro atoms. The average Bonchev–Trinajstić information content (AvgIpc) is 2.46. The highest BCUT2D eigenvalue weighted by atomic mass is 32.2. The number of benzene rings is 2. The molecule has 2 rings (SSSR count). The summed E-state index contributed by atoms with van der Waals surface area (Å²) in [6.45, 7) is 0.201. The van der Waals surface area contributed by atoms with E-state index in [1.165, 1.54) is 37.4 Å². The lowest BCUT2D eigenvalue weighted by atomic mass is 10.2. The van der Waals surface area contributed by atoms with Crippen LogP contribution in [0, 0.1) is 5.82 Å². The summed E-state index contributed by atoms with van der Waals surface area (Å²) in [4.78, 5) is -0.0442. The Balaban J connectivity index is 2.43. The van der Waals surface area contributed by atoms with E-state index in [2.05, 4.69) is 4.72 Å². The zero-order valence-corrected chi connectivity index (χ0v) is 12.2. The van der Waals surface area contributed by atoms with Crippen LogP contribution in [0.1, 0.15) is 5.56 Å². The summed E-state index contributed by atoms with van der Waals surface area (Å²) >= 11 is 0. The molecule has 0 aliphatic carbocycles. The van der Waals surface area contributed by atoms with Crippen molar-refractivity contribution in [3.63, 3.8) is 0 Å².